The van der Waals surface area contributed by atoms with E-state index in [1.54, 1.807) is 42.5 Å². The molecule has 0 fully saturated rings. The summed E-state index contributed by atoms with van der Waals surface area (Å²) in [6.45, 7) is -0.455. The van der Waals surface area contributed by atoms with Gasteiger partial charge >= 0.3 is 5.97 Å². The smallest absolute Gasteiger partial charge is 0.341 e. The summed E-state index contributed by atoms with van der Waals surface area (Å²) in [5.74, 6) is -1.07. The first-order valence-electron chi connectivity index (χ1n) is 6.16. The van der Waals surface area contributed by atoms with Crippen LogP contribution in [0.15, 0.2) is 48.5 Å². The summed E-state index contributed by atoms with van der Waals surface area (Å²) in [5.41, 5.74) is 7.16. The molecule has 1 amide bonds. The minimum Gasteiger partial charge on any atom is -0.482 e. The van der Waals surface area contributed by atoms with E-state index in [9.17, 15) is 9.59 Å². The molecule has 0 aliphatic carbocycles. The molecule has 6 nitrogen and oxygen atoms in total. The van der Waals surface area contributed by atoms with Gasteiger partial charge in [-0.15, -0.1) is 0 Å². The molecule has 0 saturated heterocycles. The third kappa shape index (κ3) is 4.24. The van der Waals surface area contributed by atoms with Crippen LogP contribution in [-0.2, 0) is 4.79 Å². The average molecular weight is 286 g/mol. The number of nitrogens with one attached hydrogen (secondary N) is 1. The molecule has 4 N–H and O–H groups in total. The summed E-state index contributed by atoms with van der Waals surface area (Å²) in [7, 11) is 0. The second kappa shape index (κ2) is 6.42. The van der Waals surface area contributed by atoms with Gasteiger partial charge < -0.3 is 20.9 Å². The van der Waals surface area contributed by atoms with Crippen molar-refractivity contribution in [2.75, 3.05) is 17.7 Å². The van der Waals surface area contributed by atoms with Gasteiger partial charge in [0.05, 0.1) is 0 Å². The Hall–Kier alpha value is -3.02. The number of hydrogen-bond donors (Lipinski definition) is 3. The zero-order valence-corrected chi connectivity index (χ0v) is 11.1. The fraction of sp³-hybridized carbons (Fsp3) is 0.0667. The summed E-state index contributed by atoms with van der Waals surface area (Å²) in [4.78, 5) is 22.5. The van der Waals surface area contributed by atoms with Crippen LogP contribution in [0.25, 0.3) is 0 Å². The number of rotatable bonds is 5. The van der Waals surface area contributed by atoms with Crippen LogP contribution < -0.4 is 15.8 Å². The van der Waals surface area contributed by atoms with Crippen LogP contribution in [0.5, 0.6) is 5.75 Å². The SMILES string of the molecule is Nc1ccc(NC(=O)c2cccc(OCC(=O)O)c2)cc1. The lowest BCUT2D eigenvalue weighted by molar-refractivity contribution is -0.139. The van der Waals surface area contributed by atoms with Crippen molar-refractivity contribution >= 4 is 23.3 Å². The van der Waals surface area contributed by atoms with Crippen LogP contribution in [0.3, 0.4) is 0 Å². The second-order valence-electron chi connectivity index (χ2n) is 4.29. The number of amides is 1. The molecule has 0 spiro atoms. The van der Waals surface area contributed by atoms with Crippen LogP contribution in [0.1, 0.15) is 10.4 Å². The monoisotopic (exact) mass is 286 g/mol. The molecule has 0 unspecified atom stereocenters. The zero-order chi connectivity index (χ0) is 15.2. The number of hydrogen-bond acceptors (Lipinski definition) is 4. The lowest BCUT2D eigenvalue weighted by Crippen LogP contribution is -2.13. The number of carbonyl (C=O) groups is 2. The number of nitrogens with two attached hydrogens (primary N) is 1. The van der Waals surface area contributed by atoms with Crippen molar-refractivity contribution in [2.45, 2.75) is 0 Å². The van der Waals surface area contributed by atoms with Gasteiger partial charge in [-0.1, -0.05) is 6.07 Å². The molecule has 21 heavy (non-hydrogen) atoms. The topological polar surface area (TPSA) is 102 Å². The van der Waals surface area contributed by atoms with E-state index >= 15 is 0 Å². The Morgan fingerprint density at radius 2 is 1.86 bits per heavy atom. The standard InChI is InChI=1S/C15H14N2O4/c16-11-4-6-12(7-5-11)17-15(20)10-2-1-3-13(8-10)21-9-14(18)19/h1-8H,9,16H2,(H,17,20)(H,18,19). The second-order valence-corrected chi connectivity index (χ2v) is 4.29. The number of aliphatic carboxylic acids is 1. The number of benzene rings is 2. The lowest BCUT2D eigenvalue weighted by atomic mass is 10.2. The van der Waals surface area contributed by atoms with Crippen molar-refractivity contribution in [3.8, 4) is 5.75 Å². The summed E-state index contributed by atoms with van der Waals surface area (Å²) < 4.78 is 5.03. The van der Waals surface area contributed by atoms with E-state index in [0.29, 0.717) is 22.7 Å². The fourth-order valence-electron chi connectivity index (χ4n) is 1.64. The minimum absolute atomic E-state index is 0.319. The van der Waals surface area contributed by atoms with Crippen LogP contribution in [0.2, 0.25) is 0 Å². The van der Waals surface area contributed by atoms with Crippen molar-refractivity contribution < 1.29 is 19.4 Å². The molecule has 0 aliphatic rings. The molecule has 2 aromatic rings. The van der Waals surface area contributed by atoms with Crippen LogP contribution in [-0.4, -0.2) is 23.6 Å². The van der Waals surface area contributed by atoms with Crippen molar-refractivity contribution in [2.24, 2.45) is 0 Å². The highest BCUT2D eigenvalue weighted by molar-refractivity contribution is 6.04. The van der Waals surface area contributed by atoms with E-state index in [1.807, 2.05) is 0 Å². The molecule has 6 heteroatoms. The number of ether oxygens (including phenoxy) is 1. The Kier molecular flexibility index (Phi) is 4.40. The Bertz CT molecular complexity index is 653. The summed E-state index contributed by atoms with van der Waals surface area (Å²) in [6.07, 6.45) is 0. The molecule has 0 heterocycles. The van der Waals surface area contributed by atoms with Gasteiger partial charge in [0.1, 0.15) is 5.75 Å². The van der Waals surface area contributed by atoms with Gasteiger partial charge in [-0.25, -0.2) is 4.79 Å². The molecule has 0 atom stereocenters. The van der Waals surface area contributed by atoms with Crippen molar-refractivity contribution in [1.82, 2.24) is 0 Å². The Morgan fingerprint density at radius 3 is 2.52 bits per heavy atom. The van der Waals surface area contributed by atoms with Gasteiger partial charge in [0.25, 0.3) is 5.91 Å². The summed E-state index contributed by atoms with van der Waals surface area (Å²) in [5, 5.41) is 11.3. The Labute approximate surface area is 121 Å². The first-order valence-corrected chi connectivity index (χ1v) is 6.16. The quantitative estimate of drug-likeness (QED) is 0.729. The Balaban J connectivity index is 2.06. The predicted molar refractivity (Wildman–Crippen MR) is 78.4 cm³/mol. The van der Waals surface area contributed by atoms with Crippen LogP contribution in [0, 0.1) is 0 Å². The van der Waals surface area contributed by atoms with E-state index in [1.165, 1.54) is 6.07 Å². The number of carbonyl (C=O) groups excluding carboxylic acids is 1. The van der Waals surface area contributed by atoms with Crippen molar-refractivity contribution in [3.05, 3.63) is 54.1 Å². The number of anilines is 2. The number of carboxylic acid groups (broad SMARTS) is 1. The average Bonchev–Trinajstić information content (AvgIpc) is 2.48. The lowest BCUT2D eigenvalue weighted by Gasteiger charge is -2.07. The van der Waals surface area contributed by atoms with Gasteiger partial charge in [-0.2, -0.15) is 0 Å². The zero-order valence-electron chi connectivity index (χ0n) is 11.1. The van der Waals surface area contributed by atoms with Crippen LogP contribution in [0.4, 0.5) is 11.4 Å². The molecule has 2 aromatic carbocycles. The molecular weight excluding hydrogens is 272 g/mol. The maximum Gasteiger partial charge on any atom is 0.341 e. The first kappa shape index (κ1) is 14.4. The molecule has 0 bridgehead atoms. The largest absolute Gasteiger partial charge is 0.482 e. The van der Waals surface area contributed by atoms with Gasteiger partial charge in [0, 0.05) is 16.9 Å². The predicted octanol–water partition coefficient (Wildman–Crippen LogP) is 1.98. The summed E-state index contributed by atoms with van der Waals surface area (Å²) >= 11 is 0. The highest BCUT2D eigenvalue weighted by atomic mass is 16.5. The van der Waals surface area contributed by atoms with Crippen LogP contribution >= 0.6 is 0 Å². The molecule has 2 rings (SSSR count). The normalized spacial score (nSPS) is 9.90. The number of carboxylic acids is 1. The van der Waals surface area contributed by atoms with Gasteiger partial charge in [-0.3, -0.25) is 4.79 Å². The van der Waals surface area contributed by atoms with Gasteiger partial charge in [-0.05, 0) is 42.5 Å². The van der Waals surface area contributed by atoms with E-state index in [-0.39, 0.29) is 5.91 Å². The van der Waals surface area contributed by atoms with E-state index in [0.717, 1.165) is 0 Å². The minimum atomic E-state index is -1.08. The molecule has 0 saturated carbocycles. The highest BCUT2D eigenvalue weighted by Crippen LogP contribution is 2.16. The van der Waals surface area contributed by atoms with Crippen molar-refractivity contribution in [3.63, 3.8) is 0 Å². The third-order valence-corrected chi connectivity index (χ3v) is 2.63. The molecule has 108 valence electrons. The van der Waals surface area contributed by atoms with Gasteiger partial charge in [0.2, 0.25) is 0 Å². The highest BCUT2D eigenvalue weighted by Gasteiger charge is 2.08. The fourth-order valence-corrected chi connectivity index (χ4v) is 1.64. The number of nitrogen functional groups attached to an aromatic ring is 1. The van der Waals surface area contributed by atoms with Crippen molar-refractivity contribution in [1.29, 1.82) is 0 Å². The Morgan fingerprint density at radius 1 is 1.14 bits per heavy atom. The van der Waals surface area contributed by atoms with Gasteiger partial charge in [0.15, 0.2) is 6.61 Å². The maximum absolute atomic E-state index is 12.1. The first-order chi connectivity index (χ1) is 10.0. The van der Waals surface area contributed by atoms with E-state index in [2.05, 4.69) is 5.32 Å². The molecule has 0 radical (unpaired) electrons. The summed E-state index contributed by atoms with van der Waals surface area (Å²) in [6, 6.07) is 13.0. The van der Waals surface area contributed by atoms with E-state index in [4.69, 9.17) is 15.6 Å². The maximum atomic E-state index is 12.1. The molecular formula is C15H14N2O4. The third-order valence-electron chi connectivity index (χ3n) is 2.63. The van der Waals surface area contributed by atoms with E-state index < -0.39 is 12.6 Å². The molecule has 0 aliphatic heterocycles. The molecule has 0 aromatic heterocycles.